The number of hydrogen-bond donors (Lipinski definition) is 0. The van der Waals surface area contributed by atoms with Crippen molar-refractivity contribution in [3.05, 3.63) is 62.6 Å². The lowest BCUT2D eigenvalue weighted by Crippen LogP contribution is -2.38. The molecule has 3 aromatic heterocycles. The number of fused-ring (bicyclic) bond motifs is 2. The van der Waals surface area contributed by atoms with E-state index >= 15 is 0 Å². The van der Waals surface area contributed by atoms with E-state index in [1.807, 2.05) is 27.7 Å². The van der Waals surface area contributed by atoms with Crippen molar-refractivity contribution in [1.29, 1.82) is 0 Å². The Labute approximate surface area is 247 Å². The van der Waals surface area contributed by atoms with Gasteiger partial charge < -0.3 is 14.5 Å². The van der Waals surface area contributed by atoms with Gasteiger partial charge in [0.1, 0.15) is 0 Å². The highest BCUT2D eigenvalue weighted by Gasteiger charge is 2.28. The largest absolute Gasteiger partial charge is 0.481 e. The first kappa shape index (κ1) is 27.7. The monoisotopic (exact) mass is 621 g/mol. The molecule has 1 saturated heterocycles. The van der Waals surface area contributed by atoms with Gasteiger partial charge >= 0.3 is 5.69 Å². The number of benzene rings is 1. The van der Waals surface area contributed by atoms with Gasteiger partial charge in [0, 0.05) is 86.5 Å². The average Bonchev–Trinajstić information content (AvgIpc) is 3.47. The normalized spacial score (nSPS) is 16.3. The van der Waals surface area contributed by atoms with Gasteiger partial charge in [0.2, 0.25) is 11.8 Å². The molecule has 0 unspecified atom stereocenters. The van der Waals surface area contributed by atoms with Crippen LogP contribution in [0.25, 0.3) is 22.4 Å². The summed E-state index contributed by atoms with van der Waals surface area (Å²) in [7, 11) is 3.40. The molecule has 10 nitrogen and oxygen atoms in total. The van der Waals surface area contributed by atoms with Crippen LogP contribution in [0.3, 0.4) is 0 Å². The lowest BCUT2D eigenvalue weighted by molar-refractivity contribution is -0.129. The van der Waals surface area contributed by atoms with Crippen LogP contribution in [0.2, 0.25) is 0 Å². The number of ether oxygens (including phenoxy) is 1. The standard InChI is InChI=1S/C30H36BrN7O3/c1-20(39)36-18-13-25-24(19-36)28(21-5-7-22(31)8-6-21)33-37(25)15-4-14-35-16-11-23(12-17-35)38-29-26(34(2)30(38)40)9-10-27(32-29)41-3/h5-10,23H,4,11-19H2,1-3H3. The predicted molar refractivity (Wildman–Crippen MR) is 161 cm³/mol. The Morgan fingerprint density at radius 2 is 1.83 bits per heavy atom. The van der Waals surface area contributed by atoms with Gasteiger partial charge in [-0.3, -0.25) is 18.6 Å². The Hall–Kier alpha value is -3.44. The fraction of sp³-hybridized carbons (Fsp3) is 0.467. The lowest BCUT2D eigenvalue weighted by Gasteiger charge is -2.32. The van der Waals surface area contributed by atoms with Gasteiger partial charge in [-0.25, -0.2) is 4.79 Å². The fourth-order valence-corrected chi connectivity index (χ4v) is 6.55. The summed E-state index contributed by atoms with van der Waals surface area (Å²) in [6.45, 7) is 6.67. The summed E-state index contributed by atoms with van der Waals surface area (Å²) in [5, 5.41) is 5.06. The van der Waals surface area contributed by atoms with Gasteiger partial charge in [-0.2, -0.15) is 10.1 Å². The fourth-order valence-electron chi connectivity index (χ4n) is 6.29. The molecule has 11 heteroatoms. The van der Waals surface area contributed by atoms with Gasteiger partial charge in [-0.1, -0.05) is 28.1 Å². The van der Waals surface area contributed by atoms with Crippen LogP contribution >= 0.6 is 15.9 Å². The first-order chi connectivity index (χ1) is 19.8. The number of halogens is 1. The molecule has 0 saturated carbocycles. The number of aryl methyl sites for hydroxylation is 2. The minimum absolute atomic E-state index is 0.0208. The highest BCUT2D eigenvalue weighted by atomic mass is 79.9. The maximum atomic E-state index is 13.1. The third-order valence-electron chi connectivity index (χ3n) is 8.58. The van der Waals surface area contributed by atoms with Crippen LogP contribution in [-0.2, 0) is 31.4 Å². The number of piperidine rings is 1. The molecule has 2 aliphatic rings. The summed E-state index contributed by atoms with van der Waals surface area (Å²) >= 11 is 3.53. The smallest absolute Gasteiger partial charge is 0.330 e. The van der Waals surface area contributed by atoms with E-state index in [0.29, 0.717) is 18.1 Å². The first-order valence-electron chi connectivity index (χ1n) is 14.3. The predicted octanol–water partition coefficient (Wildman–Crippen LogP) is 4.00. The van der Waals surface area contributed by atoms with Crippen LogP contribution in [0.4, 0.5) is 0 Å². The SMILES string of the molecule is COc1ccc2c(n1)n(C1CCN(CCCn3nc(-c4ccc(Br)cc4)c4c3CCN(C(C)=O)C4)CC1)c(=O)n2C. The molecule has 41 heavy (non-hydrogen) atoms. The van der Waals surface area contributed by atoms with Crippen LogP contribution in [0.5, 0.6) is 5.88 Å². The number of carbonyl (C=O) groups excluding carboxylic acids is 1. The Bertz CT molecular complexity index is 1630. The van der Waals surface area contributed by atoms with Crippen molar-refractivity contribution in [1.82, 2.24) is 33.7 Å². The average molecular weight is 623 g/mol. The van der Waals surface area contributed by atoms with E-state index in [0.717, 1.165) is 79.7 Å². The number of carbonyl (C=O) groups is 1. The highest BCUT2D eigenvalue weighted by Crippen LogP contribution is 2.31. The van der Waals surface area contributed by atoms with Gasteiger partial charge in [-0.05, 0) is 44.0 Å². The van der Waals surface area contributed by atoms with Gasteiger partial charge in [0.25, 0.3) is 0 Å². The molecule has 1 aromatic carbocycles. The molecule has 1 amide bonds. The lowest BCUT2D eigenvalue weighted by atomic mass is 10.0. The van der Waals surface area contributed by atoms with Crippen molar-refractivity contribution in [2.75, 3.05) is 33.3 Å². The van der Waals surface area contributed by atoms with Crippen molar-refractivity contribution in [3.8, 4) is 17.1 Å². The van der Waals surface area contributed by atoms with Crippen LogP contribution in [0, 0.1) is 0 Å². The van der Waals surface area contributed by atoms with Crippen LogP contribution in [0.1, 0.15) is 43.5 Å². The van der Waals surface area contributed by atoms with E-state index in [9.17, 15) is 9.59 Å². The third kappa shape index (κ3) is 5.32. The maximum Gasteiger partial charge on any atom is 0.330 e. The number of likely N-dealkylation sites (tertiary alicyclic amines) is 1. The Kier molecular flexibility index (Phi) is 7.74. The summed E-state index contributed by atoms with van der Waals surface area (Å²) in [6, 6.07) is 12.1. The van der Waals surface area contributed by atoms with Crippen LogP contribution in [-0.4, -0.2) is 72.9 Å². The zero-order valence-electron chi connectivity index (χ0n) is 23.8. The van der Waals surface area contributed by atoms with Crippen molar-refractivity contribution < 1.29 is 9.53 Å². The molecule has 216 valence electrons. The minimum atomic E-state index is -0.0208. The summed E-state index contributed by atoms with van der Waals surface area (Å²) < 4.78 is 12.1. The second-order valence-electron chi connectivity index (χ2n) is 11.0. The van der Waals surface area contributed by atoms with Crippen molar-refractivity contribution in [2.45, 2.75) is 51.7 Å². The quantitative estimate of drug-likeness (QED) is 0.310. The minimum Gasteiger partial charge on any atom is -0.481 e. The molecule has 0 atom stereocenters. The number of amides is 1. The number of methoxy groups -OCH3 is 1. The molecule has 4 aromatic rings. The molecular formula is C30H36BrN7O3. The van der Waals surface area contributed by atoms with E-state index in [-0.39, 0.29) is 17.6 Å². The summed E-state index contributed by atoms with van der Waals surface area (Å²) in [5.41, 5.74) is 5.97. The Morgan fingerprint density at radius 3 is 2.54 bits per heavy atom. The zero-order valence-corrected chi connectivity index (χ0v) is 25.4. The van der Waals surface area contributed by atoms with Crippen LogP contribution in [0.15, 0.2) is 45.7 Å². The number of pyridine rings is 1. The van der Waals surface area contributed by atoms with E-state index in [4.69, 9.17) is 9.84 Å². The summed E-state index contributed by atoms with van der Waals surface area (Å²) in [5.74, 6) is 0.627. The van der Waals surface area contributed by atoms with E-state index in [1.54, 1.807) is 31.7 Å². The molecule has 0 bridgehead atoms. The molecular weight excluding hydrogens is 586 g/mol. The molecule has 0 radical (unpaired) electrons. The second-order valence-corrected chi connectivity index (χ2v) is 11.9. The molecule has 0 spiro atoms. The van der Waals surface area contributed by atoms with Crippen LogP contribution < -0.4 is 10.4 Å². The number of imidazole rings is 1. The Morgan fingerprint density at radius 1 is 1.07 bits per heavy atom. The van der Waals surface area contributed by atoms with E-state index in [2.05, 4.69) is 42.6 Å². The Balaban J connectivity index is 1.12. The molecule has 0 N–H and O–H groups in total. The first-order valence-corrected chi connectivity index (χ1v) is 15.1. The van der Waals surface area contributed by atoms with Gasteiger partial charge in [0.15, 0.2) is 5.65 Å². The van der Waals surface area contributed by atoms with Crippen molar-refractivity contribution in [3.63, 3.8) is 0 Å². The van der Waals surface area contributed by atoms with Crippen molar-refractivity contribution in [2.24, 2.45) is 7.05 Å². The third-order valence-corrected chi connectivity index (χ3v) is 9.11. The number of rotatable bonds is 7. The molecule has 5 heterocycles. The molecule has 6 rings (SSSR count). The van der Waals surface area contributed by atoms with Crippen molar-refractivity contribution >= 4 is 33.0 Å². The highest BCUT2D eigenvalue weighted by molar-refractivity contribution is 9.10. The topological polar surface area (TPSA) is 90.4 Å². The zero-order chi connectivity index (χ0) is 28.7. The molecule has 1 fully saturated rings. The second kappa shape index (κ2) is 11.4. The molecule has 2 aliphatic heterocycles. The van der Waals surface area contributed by atoms with E-state index < -0.39 is 0 Å². The van der Waals surface area contributed by atoms with Gasteiger partial charge in [-0.15, -0.1) is 0 Å². The summed E-state index contributed by atoms with van der Waals surface area (Å²) in [6.07, 6.45) is 3.62. The number of aromatic nitrogens is 5. The number of nitrogens with zero attached hydrogens (tertiary/aromatic N) is 7. The molecule has 0 aliphatic carbocycles. The van der Waals surface area contributed by atoms with Gasteiger partial charge in [0.05, 0.1) is 18.3 Å². The maximum absolute atomic E-state index is 13.1. The summed E-state index contributed by atoms with van der Waals surface area (Å²) in [4.78, 5) is 34.2. The number of hydrogen-bond acceptors (Lipinski definition) is 6. The van der Waals surface area contributed by atoms with E-state index in [1.165, 1.54) is 11.3 Å².